The second-order valence-corrected chi connectivity index (χ2v) is 2.66. The van der Waals surface area contributed by atoms with E-state index in [0.29, 0.717) is 6.42 Å². The first-order chi connectivity index (χ1) is 5.57. The molecule has 0 N–H and O–H groups in total. The Morgan fingerprint density at radius 2 is 2.08 bits per heavy atom. The molecular weight excluding hydrogens is 166 g/mol. The van der Waals surface area contributed by atoms with Crippen molar-refractivity contribution in [2.24, 2.45) is 5.92 Å². The topological polar surface area (TPSA) is 26.3 Å². The fourth-order valence-electron chi connectivity index (χ4n) is 0.558. The molecule has 0 bridgehead atoms. The van der Waals surface area contributed by atoms with E-state index >= 15 is 0 Å². The zero-order valence-corrected chi connectivity index (χ0v) is 7.35. The van der Waals surface area contributed by atoms with Gasteiger partial charge in [-0.15, -0.1) is 0 Å². The number of carbonyl (C=O) groups is 1. The van der Waals surface area contributed by atoms with Crippen molar-refractivity contribution in [2.45, 2.75) is 33.1 Å². The van der Waals surface area contributed by atoms with Crippen LogP contribution in [0.25, 0.3) is 0 Å². The number of halogens is 2. The molecule has 0 amide bonds. The number of carbonyl (C=O) groups excluding carboxylic acids is 1. The van der Waals surface area contributed by atoms with E-state index in [1.54, 1.807) is 6.92 Å². The zero-order chi connectivity index (χ0) is 9.56. The van der Waals surface area contributed by atoms with Crippen molar-refractivity contribution in [3.8, 4) is 0 Å². The van der Waals surface area contributed by atoms with E-state index in [-0.39, 0.29) is 18.9 Å². The van der Waals surface area contributed by atoms with Crippen molar-refractivity contribution in [3.63, 3.8) is 0 Å². The molecule has 0 radical (unpaired) electrons. The van der Waals surface area contributed by atoms with Crippen LogP contribution in [-0.4, -0.2) is 19.0 Å². The zero-order valence-electron chi connectivity index (χ0n) is 7.35. The van der Waals surface area contributed by atoms with Crippen molar-refractivity contribution in [1.29, 1.82) is 0 Å². The first-order valence-electron chi connectivity index (χ1n) is 4.02. The standard InChI is InChI=1S/C8H14F2O2/c1-3-6(2)8(11)12-5-4-7(9)10/h6-7H,3-5H2,1-2H3. The van der Waals surface area contributed by atoms with Gasteiger partial charge in [0, 0.05) is 6.42 Å². The second-order valence-electron chi connectivity index (χ2n) is 2.66. The molecule has 0 heterocycles. The lowest BCUT2D eigenvalue weighted by atomic mass is 10.1. The van der Waals surface area contributed by atoms with Crippen molar-refractivity contribution in [3.05, 3.63) is 0 Å². The van der Waals surface area contributed by atoms with Crippen LogP contribution >= 0.6 is 0 Å². The molecule has 4 heteroatoms. The Balaban J connectivity index is 3.44. The summed E-state index contributed by atoms with van der Waals surface area (Å²) in [5.41, 5.74) is 0. The van der Waals surface area contributed by atoms with Gasteiger partial charge in [-0.2, -0.15) is 0 Å². The van der Waals surface area contributed by atoms with Crippen molar-refractivity contribution in [2.75, 3.05) is 6.61 Å². The normalized spacial score (nSPS) is 13.1. The van der Waals surface area contributed by atoms with E-state index in [1.807, 2.05) is 6.92 Å². The third-order valence-electron chi connectivity index (χ3n) is 1.60. The summed E-state index contributed by atoms with van der Waals surface area (Å²) in [7, 11) is 0. The smallest absolute Gasteiger partial charge is 0.308 e. The summed E-state index contributed by atoms with van der Waals surface area (Å²) in [6.07, 6.45) is -2.09. The van der Waals surface area contributed by atoms with E-state index in [4.69, 9.17) is 0 Å². The minimum atomic E-state index is -2.39. The Labute approximate surface area is 70.9 Å². The number of ether oxygens (including phenoxy) is 1. The molecule has 0 aliphatic heterocycles. The number of alkyl halides is 2. The van der Waals surface area contributed by atoms with Gasteiger partial charge in [-0.05, 0) is 6.42 Å². The molecule has 1 atom stereocenters. The molecule has 1 unspecified atom stereocenters. The minimum Gasteiger partial charge on any atom is -0.465 e. The van der Waals surface area contributed by atoms with E-state index in [9.17, 15) is 13.6 Å². The molecular formula is C8H14F2O2. The fraction of sp³-hybridized carbons (Fsp3) is 0.875. The van der Waals surface area contributed by atoms with Crippen molar-refractivity contribution >= 4 is 5.97 Å². The van der Waals surface area contributed by atoms with E-state index in [0.717, 1.165) is 0 Å². The molecule has 0 saturated carbocycles. The molecule has 0 aliphatic carbocycles. The highest BCUT2D eigenvalue weighted by Gasteiger charge is 2.12. The van der Waals surface area contributed by atoms with Crippen LogP contribution in [-0.2, 0) is 9.53 Å². The van der Waals surface area contributed by atoms with Crippen molar-refractivity contribution < 1.29 is 18.3 Å². The van der Waals surface area contributed by atoms with Gasteiger partial charge in [-0.1, -0.05) is 13.8 Å². The summed E-state index contributed by atoms with van der Waals surface area (Å²) in [6, 6.07) is 0. The number of esters is 1. The summed E-state index contributed by atoms with van der Waals surface area (Å²) in [5, 5.41) is 0. The molecule has 0 rings (SSSR count). The molecule has 2 nitrogen and oxygen atoms in total. The lowest BCUT2D eigenvalue weighted by Gasteiger charge is -2.08. The molecule has 0 spiro atoms. The average Bonchev–Trinajstić information content (AvgIpc) is 2.02. The molecule has 0 fully saturated rings. The van der Waals surface area contributed by atoms with Crippen LogP contribution in [0.2, 0.25) is 0 Å². The van der Waals surface area contributed by atoms with E-state index < -0.39 is 12.4 Å². The summed E-state index contributed by atoms with van der Waals surface area (Å²) < 4.78 is 27.7. The number of rotatable bonds is 5. The number of hydrogen-bond donors (Lipinski definition) is 0. The van der Waals surface area contributed by atoms with Gasteiger partial charge >= 0.3 is 5.97 Å². The molecule has 0 aromatic carbocycles. The van der Waals surface area contributed by atoms with Crippen LogP contribution in [0.15, 0.2) is 0 Å². The van der Waals surface area contributed by atoms with E-state index in [2.05, 4.69) is 4.74 Å². The Morgan fingerprint density at radius 3 is 2.50 bits per heavy atom. The van der Waals surface area contributed by atoms with Gasteiger partial charge in [-0.3, -0.25) is 4.79 Å². The lowest BCUT2D eigenvalue weighted by Crippen LogP contribution is -2.15. The average molecular weight is 180 g/mol. The maximum atomic E-state index is 11.6. The maximum Gasteiger partial charge on any atom is 0.308 e. The third-order valence-corrected chi connectivity index (χ3v) is 1.60. The van der Waals surface area contributed by atoms with Crippen LogP contribution in [0.5, 0.6) is 0 Å². The van der Waals surface area contributed by atoms with Gasteiger partial charge in [0.15, 0.2) is 0 Å². The van der Waals surface area contributed by atoms with Crippen molar-refractivity contribution in [1.82, 2.24) is 0 Å². The highest BCUT2D eigenvalue weighted by atomic mass is 19.3. The summed E-state index contributed by atoms with van der Waals surface area (Å²) in [4.78, 5) is 10.9. The van der Waals surface area contributed by atoms with Gasteiger partial charge in [0.2, 0.25) is 6.43 Å². The predicted octanol–water partition coefficient (Wildman–Crippen LogP) is 2.23. The quantitative estimate of drug-likeness (QED) is 0.606. The summed E-state index contributed by atoms with van der Waals surface area (Å²) >= 11 is 0. The molecule has 0 aromatic rings. The first kappa shape index (κ1) is 11.3. The largest absolute Gasteiger partial charge is 0.465 e. The van der Waals surface area contributed by atoms with Gasteiger partial charge in [-0.25, -0.2) is 8.78 Å². The first-order valence-corrected chi connectivity index (χ1v) is 4.02. The van der Waals surface area contributed by atoms with Gasteiger partial charge < -0.3 is 4.74 Å². The Morgan fingerprint density at radius 1 is 1.50 bits per heavy atom. The summed E-state index contributed by atoms with van der Waals surface area (Å²) in [6.45, 7) is 3.38. The van der Waals surface area contributed by atoms with Gasteiger partial charge in [0.05, 0.1) is 12.5 Å². The number of hydrogen-bond acceptors (Lipinski definition) is 2. The highest BCUT2D eigenvalue weighted by molar-refractivity contribution is 5.71. The molecule has 0 aromatic heterocycles. The van der Waals surface area contributed by atoms with E-state index in [1.165, 1.54) is 0 Å². The Bertz CT molecular complexity index is 137. The second kappa shape index (κ2) is 5.91. The molecule has 72 valence electrons. The monoisotopic (exact) mass is 180 g/mol. The SMILES string of the molecule is CCC(C)C(=O)OCCC(F)F. The Kier molecular flexibility index (Phi) is 5.58. The minimum absolute atomic E-state index is 0.180. The predicted molar refractivity (Wildman–Crippen MR) is 41.0 cm³/mol. The van der Waals surface area contributed by atoms with Crippen LogP contribution < -0.4 is 0 Å². The van der Waals surface area contributed by atoms with Crippen LogP contribution in [0.3, 0.4) is 0 Å². The molecule has 0 saturated heterocycles. The maximum absolute atomic E-state index is 11.6. The molecule has 0 aliphatic rings. The summed E-state index contributed by atoms with van der Waals surface area (Å²) in [5.74, 6) is -0.583. The third kappa shape index (κ3) is 5.04. The van der Waals surface area contributed by atoms with Crippen LogP contribution in [0.1, 0.15) is 26.7 Å². The molecule has 12 heavy (non-hydrogen) atoms. The van der Waals surface area contributed by atoms with Gasteiger partial charge in [0.25, 0.3) is 0 Å². The van der Waals surface area contributed by atoms with Crippen LogP contribution in [0.4, 0.5) is 8.78 Å². The van der Waals surface area contributed by atoms with Crippen LogP contribution in [0, 0.1) is 5.92 Å². The lowest BCUT2D eigenvalue weighted by molar-refractivity contribution is -0.148. The fourth-order valence-corrected chi connectivity index (χ4v) is 0.558. The van der Waals surface area contributed by atoms with Gasteiger partial charge in [0.1, 0.15) is 0 Å². The Hall–Kier alpha value is -0.670. The highest BCUT2D eigenvalue weighted by Crippen LogP contribution is 2.05.